The number of hydrogen-bond donors (Lipinski definition) is 1. The van der Waals surface area contributed by atoms with Crippen molar-refractivity contribution in [3.8, 4) is 11.8 Å². The van der Waals surface area contributed by atoms with Gasteiger partial charge >= 0.3 is 0 Å². The van der Waals surface area contributed by atoms with Gasteiger partial charge in [-0.05, 0) is 38.5 Å². The van der Waals surface area contributed by atoms with Crippen LogP contribution in [0, 0.1) is 25.2 Å². The Bertz CT molecular complexity index is 651. The molecule has 110 valence electrons. The van der Waals surface area contributed by atoms with Gasteiger partial charge in [-0.3, -0.25) is 0 Å². The first kappa shape index (κ1) is 15.1. The molecule has 2 aromatic rings. The molecule has 0 aliphatic rings. The average Bonchev–Trinajstić information content (AvgIpc) is 2.83. The van der Waals surface area contributed by atoms with Crippen LogP contribution in [0.25, 0.3) is 0 Å². The number of ether oxygens (including phenoxy) is 1. The molecule has 5 heteroatoms. The van der Waals surface area contributed by atoms with Crippen LogP contribution in [0.1, 0.15) is 41.1 Å². The van der Waals surface area contributed by atoms with E-state index in [-0.39, 0.29) is 6.04 Å². The van der Waals surface area contributed by atoms with Gasteiger partial charge in [0, 0.05) is 18.2 Å². The first-order valence-corrected chi connectivity index (χ1v) is 6.80. The second kappa shape index (κ2) is 6.42. The van der Waals surface area contributed by atoms with Crippen molar-refractivity contribution in [2.24, 2.45) is 0 Å². The van der Waals surface area contributed by atoms with Crippen molar-refractivity contribution in [3.05, 3.63) is 46.3 Å². The topological polar surface area (TPSA) is 71.1 Å². The molecular weight excluding hydrogens is 266 g/mol. The van der Waals surface area contributed by atoms with E-state index in [0.717, 1.165) is 22.6 Å². The lowest BCUT2D eigenvalue weighted by Crippen LogP contribution is -2.19. The summed E-state index contributed by atoms with van der Waals surface area (Å²) in [5.41, 5.74) is 3.57. The third-order valence-corrected chi connectivity index (χ3v) is 3.52. The predicted octanol–water partition coefficient (Wildman–Crippen LogP) is 3.02. The maximum absolute atomic E-state index is 9.10. The Hall–Kier alpha value is -2.32. The van der Waals surface area contributed by atoms with Crippen molar-refractivity contribution >= 4 is 0 Å². The Morgan fingerprint density at radius 3 is 2.76 bits per heavy atom. The van der Waals surface area contributed by atoms with Gasteiger partial charge in [-0.2, -0.15) is 5.26 Å². The minimum absolute atomic E-state index is 0.129. The van der Waals surface area contributed by atoms with Gasteiger partial charge in [0.05, 0.1) is 18.4 Å². The zero-order chi connectivity index (χ0) is 15.4. The molecule has 0 saturated carbocycles. The molecule has 1 unspecified atom stereocenters. The Balaban J connectivity index is 2.08. The first-order chi connectivity index (χ1) is 10.1. The quantitative estimate of drug-likeness (QED) is 0.914. The number of rotatable bonds is 5. The molecule has 5 nitrogen and oxygen atoms in total. The standard InChI is InChI=1S/C16H19N3O2/c1-10(16-11(2)19-21-12(16)3)18-9-13-5-6-15(20-4)14(7-13)8-17/h5-7,10,18H,9H2,1-4H3. The Kier molecular flexibility index (Phi) is 4.61. The number of methoxy groups -OCH3 is 1. The van der Waals surface area contributed by atoms with Gasteiger partial charge < -0.3 is 14.6 Å². The van der Waals surface area contributed by atoms with Crippen LogP contribution in [-0.4, -0.2) is 12.3 Å². The fourth-order valence-corrected chi connectivity index (χ4v) is 2.43. The molecule has 2 rings (SSSR count). The molecular formula is C16H19N3O2. The molecule has 1 aromatic heterocycles. The first-order valence-electron chi connectivity index (χ1n) is 6.80. The molecule has 1 N–H and O–H groups in total. The highest BCUT2D eigenvalue weighted by atomic mass is 16.5. The highest BCUT2D eigenvalue weighted by molar-refractivity contribution is 5.45. The van der Waals surface area contributed by atoms with E-state index in [4.69, 9.17) is 14.5 Å². The van der Waals surface area contributed by atoms with Crippen LogP contribution in [0.2, 0.25) is 0 Å². The van der Waals surface area contributed by atoms with Crippen LogP contribution in [0.4, 0.5) is 0 Å². The van der Waals surface area contributed by atoms with E-state index in [1.165, 1.54) is 0 Å². The molecule has 0 bridgehead atoms. The van der Waals surface area contributed by atoms with E-state index in [0.29, 0.717) is 17.9 Å². The summed E-state index contributed by atoms with van der Waals surface area (Å²) in [5.74, 6) is 1.43. The number of nitrogens with one attached hydrogen (secondary N) is 1. The van der Waals surface area contributed by atoms with Crippen LogP contribution < -0.4 is 10.1 Å². The summed E-state index contributed by atoms with van der Waals surface area (Å²) < 4.78 is 10.3. The minimum Gasteiger partial charge on any atom is -0.495 e. The average molecular weight is 285 g/mol. The normalized spacial score (nSPS) is 12.0. The smallest absolute Gasteiger partial charge is 0.138 e. The van der Waals surface area contributed by atoms with E-state index in [1.807, 2.05) is 32.0 Å². The fraction of sp³-hybridized carbons (Fsp3) is 0.375. The van der Waals surface area contributed by atoms with E-state index in [2.05, 4.69) is 23.5 Å². The fourth-order valence-electron chi connectivity index (χ4n) is 2.43. The van der Waals surface area contributed by atoms with Crippen LogP contribution in [0.5, 0.6) is 5.75 Å². The Morgan fingerprint density at radius 1 is 1.43 bits per heavy atom. The minimum atomic E-state index is 0.129. The molecule has 1 aromatic carbocycles. The van der Waals surface area contributed by atoms with Crippen LogP contribution >= 0.6 is 0 Å². The molecule has 0 amide bonds. The third kappa shape index (κ3) is 3.23. The lowest BCUT2D eigenvalue weighted by Gasteiger charge is -2.14. The summed E-state index contributed by atoms with van der Waals surface area (Å²) in [5, 5.41) is 16.5. The Labute approximate surface area is 124 Å². The zero-order valence-electron chi connectivity index (χ0n) is 12.7. The number of aromatic nitrogens is 1. The van der Waals surface area contributed by atoms with Gasteiger partial charge in [-0.15, -0.1) is 0 Å². The van der Waals surface area contributed by atoms with Crippen molar-refractivity contribution in [2.45, 2.75) is 33.4 Å². The molecule has 0 aliphatic heterocycles. The van der Waals surface area contributed by atoms with Gasteiger partial charge in [0.25, 0.3) is 0 Å². The molecule has 21 heavy (non-hydrogen) atoms. The number of nitriles is 1. The third-order valence-electron chi connectivity index (χ3n) is 3.52. The lowest BCUT2D eigenvalue weighted by atomic mass is 10.1. The molecule has 0 fully saturated rings. The number of nitrogens with zero attached hydrogens (tertiary/aromatic N) is 2. The van der Waals surface area contributed by atoms with Gasteiger partial charge in [-0.25, -0.2) is 0 Å². The summed E-state index contributed by atoms with van der Waals surface area (Å²) in [6.45, 7) is 6.57. The second-order valence-corrected chi connectivity index (χ2v) is 4.99. The van der Waals surface area contributed by atoms with Crippen molar-refractivity contribution < 1.29 is 9.26 Å². The van der Waals surface area contributed by atoms with Gasteiger partial charge in [0.1, 0.15) is 17.6 Å². The van der Waals surface area contributed by atoms with Crippen LogP contribution in [0.3, 0.4) is 0 Å². The second-order valence-electron chi connectivity index (χ2n) is 4.99. The molecule has 0 radical (unpaired) electrons. The van der Waals surface area contributed by atoms with Crippen molar-refractivity contribution in [3.63, 3.8) is 0 Å². The van der Waals surface area contributed by atoms with Gasteiger partial charge in [-0.1, -0.05) is 11.2 Å². The van der Waals surface area contributed by atoms with Gasteiger partial charge in [0.15, 0.2) is 0 Å². The van der Waals surface area contributed by atoms with Gasteiger partial charge in [0.2, 0.25) is 0 Å². The highest BCUT2D eigenvalue weighted by Crippen LogP contribution is 2.22. The largest absolute Gasteiger partial charge is 0.495 e. The summed E-state index contributed by atoms with van der Waals surface area (Å²) in [6.07, 6.45) is 0. The van der Waals surface area contributed by atoms with E-state index >= 15 is 0 Å². The van der Waals surface area contributed by atoms with Crippen molar-refractivity contribution in [2.75, 3.05) is 7.11 Å². The monoisotopic (exact) mass is 285 g/mol. The number of aryl methyl sites for hydroxylation is 2. The zero-order valence-corrected chi connectivity index (χ0v) is 12.7. The van der Waals surface area contributed by atoms with E-state index in [1.54, 1.807) is 7.11 Å². The molecule has 1 heterocycles. The molecule has 0 aliphatic carbocycles. The molecule has 1 atom stereocenters. The van der Waals surface area contributed by atoms with Crippen molar-refractivity contribution in [1.29, 1.82) is 5.26 Å². The predicted molar refractivity (Wildman–Crippen MR) is 78.9 cm³/mol. The maximum atomic E-state index is 9.10. The van der Waals surface area contributed by atoms with E-state index < -0.39 is 0 Å². The van der Waals surface area contributed by atoms with Crippen molar-refractivity contribution in [1.82, 2.24) is 10.5 Å². The highest BCUT2D eigenvalue weighted by Gasteiger charge is 2.16. The summed E-state index contributed by atoms with van der Waals surface area (Å²) in [6, 6.07) is 7.88. The van der Waals surface area contributed by atoms with Crippen LogP contribution in [-0.2, 0) is 6.54 Å². The van der Waals surface area contributed by atoms with E-state index in [9.17, 15) is 0 Å². The summed E-state index contributed by atoms with van der Waals surface area (Å²) in [4.78, 5) is 0. The maximum Gasteiger partial charge on any atom is 0.138 e. The summed E-state index contributed by atoms with van der Waals surface area (Å²) >= 11 is 0. The number of hydrogen-bond acceptors (Lipinski definition) is 5. The molecule has 0 saturated heterocycles. The lowest BCUT2D eigenvalue weighted by molar-refractivity contribution is 0.390. The number of benzene rings is 1. The van der Waals surface area contributed by atoms with Crippen LogP contribution in [0.15, 0.2) is 22.7 Å². The molecule has 0 spiro atoms. The SMILES string of the molecule is COc1ccc(CNC(C)c2c(C)noc2C)cc1C#N. The Morgan fingerprint density at radius 2 is 2.19 bits per heavy atom. The summed E-state index contributed by atoms with van der Waals surface area (Å²) in [7, 11) is 1.56.